The Morgan fingerprint density at radius 2 is 1.61 bits per heavy atom. The first-order valence-electron chi connectivity index (χ1n) is 12.6. The van der Waals surface area contributed by atoms with E-state index < -0.39 is 12.1 Å². The molecule has 2 aliphatic heterocycles. The van der Waals surface area contributed by atoms with E-state index in [-0.39, 0.29) is 18.4 Å². The maximum Gasteiger partial charge on any atom is 0.246 e. The number of fused-ring (bicyclic) bond motifs is 4. The van der Waals surface area contributed by atoms with E-state index in [4.69, 9.17) is 14.2 Å². The number of H-pyrrole nitrogens is 1. The van der Waals surface area contributed by atoms with Crippen LogP contribution in [0.2, 0.25) is 0 Å². The van der Waals surface area contributed by atoms with Crippen LogP contribution in [0.1, 0.15) is 28.4 Å². The topological polar surface area (TPSA) is 84.1 Å². The lowest BCUT2D eigenvalue weighted by Gasteiger charge is -2.47. The Hall–Kier alpha value is -4.46. The highest BCUT2D eigenvalue weighted by molar-refractivity contribution is 5.97. The molecule has 2 unspecified atom stereocenters. The first-order valence-corrected chi connectivity index (χ1v) is 12.6. The van der Waals surface area contributed by atoms with Crippen LogP contribution in [0.25, 0.3) is 10.9 Å². The fourth-order valence-electron chi connectivity index (χ4n) is 5.87. The van der Waals surface area contributed by atoms with E-state index in [1.807, 2.05) is 60.7 Å². The van der Waals surface area contributed by atoms with Crippen molar-refractivity contribution >= 4 is 22.7 Å². The number of carbonyl (C=O) groups is 2. The van der Waals surface area contributed by atoms with Crippen LogP contribution in [0, 0.1) is 0 Å². The van der Waals surface area contributed by atoms with Gasteiger partial charge in [0.05, 0.1) is 21.3 Å². The number of aromatic nitrogens is 1. The Kier molecular flexibility index (Phi) is 5.94. The van der Waals surface area contributed by atoms with Crippen molar-refractivity contribution < 1.29 is 23.8 Å². The molecule has 2 atom stereocenters. The van der Waals surface area contributed by atoms with Crippen LogP contribution >= 0.6 is 0 Å². The number of hydrogen-bond donors (Lipinski definition) is 1. The van der Waals surface area contributed by atoms with Gasteiger partial charge in [0.25, 0.3) is 0 Å². The summed E-state index contributed by atoms with van der Waals surface area (Å²) in [6, 6.07) is 20.2. The number of carbonyl (C=O) groups excluding carboxylic acids is 2. The van der Waals surface area contributed by atoms with Crippen LogP contribution in [0.3, 0.4) is 0 Å². The summed E-state index contributed by atoms with van der Waals surface area (Å²) in [6.07, 6.45) is 0.442. The van der Waals surface area contributed by atoms with E-state index in [1.165, 1.54) is 0 Å². The highest BCUT2D eigenvalue weighted by Gasteiger charge is 2.48. The molecule has 6 rings (SSSR count). The Morgan fingerprint density at radius 1 is 0.868 bits per heavy atom. The molecule has 3 heterocycles. The van der Waals surface area contributed by atoms with Crippen molar-refractivity contribution in [2.24, 2.45) is 0 Å². The minimum absolute atomic E-state index is 0.00904. The first-order chi connectivity index (χ1) is 18.5. The van der Waals surface area contributed by atoms with Crippen molar-refractivity contribution in [1.82, 2.24) is 14.8 Å². The summed E-state index contributed by atoms with van der Waals surface area (Å²) in [4.78, 5) is 34.8. The van der Waals surface area contributed by atoms with E-state index in [1.54, 1.807) is 31.1 Å². The zero-order valence-electron chi connectivity index (χ0n) is 21.6. The van der Waals surface area contributed by atoms with Crippen molar-refractivity contribution in [3.05, 3.63) is 89.1 Å². The molecule has 0 bridgehead atoms. The smallest absolute Gasteiger partial charge is 0.246 e. The number of amides is 2. The lowest BCUT2D eigenvalue weighted by atomic mass is 9.85. The molecule has 2 amide bonds. The molecule has 38 heavy (non-hydrogen) atoms. The van der Waals surface area contributed by atoms with Gasteiger partial charge in [-0.25, -0.2) is 0 Å². The molecule has 1 aromatic heterocycles. The van der Waals surface area contributed by atoms with Crippen LogP contribution in [-0.4, -0.2) is 60.5 Å². The number of hydrogen-bond acceptors (Lipinski definition) is 5. The SMILES string of the molecule is COc1ccc(CN2CC(=O)N3C(Cc4c([nH]c5ccccc45)C3c3ccccc3OC)C2=O)cc1OC. The number of piperazine rings is 1. The van der Waals surface area contributed by atoms with E-state index in [0.717, 1.165) is 33.3 Å². The summed E-state index contributed by atoms with van der Waals surface area (Å²) in [5.74, 6) is 1.70. The van der Waals surface area contributed by atoms with Crippen molar-refractivity contribution in [2.75, 3.05) is 27.9 Å². The molecule has 8 heteroatoms. The second-order valence-electron chi connectivity index (χ2n) is 9.61. The Labute approximate surface area is 220 Å². The average molecular weight is 512 g/mol. The monoisotopic (exact) mass is 511 g/mol. The normalized spacial score (nSPS) is 18.8. The fourth-order valence-corrected chi connectivity index (χ4v) is 5.87. The minimum Gasteiger partial charge on any atom is -0.496 e. The van der Waals surface area contributed by atoms with Crippen LogP contribution in [0.4, 0.5) is 0 Å². The van der Waals surface area contributed by atoms with E-state index >= 15 is 0 Å². The largest absolute Gasteiger partial charge is 0.496 e. The third-order valence-electron chi connectivity index (χ3n) is 7.60. The third kappa shape index (κ3) is 3.75. The predicted octanol–water partition coefficient (Wildman–Crippen LogP) is 4.08. The van der Waals surface area contributed by atoms with Gasteiger partial charge >= 0.3 is 0 Å². The molecule has 0 saturated carbocycles. The van der Waals surface area contributed by atoms with Gasteiger partial charge in [-0.2, -0.15) is 0 Å². The van der Waals surface area contributed by atoms with Crippen molar-refractivity contribution in [3.8, 4) is 17.2 Å². The molecule has 0 radical (unpaired) electrons. The maximum atomic E-state index is 14.0. The predicted molar refractivity (Wildman–Crippen MR) is 142 cm³/mol. The van der Waals surface area contributed by atoms with Gasteiger partial charge < -0.3 is 29.0 Å². The highest BCUT2D eigenvalue weighted by atomic mass is 16.5. The molecular weight excluding hydrogens is 482 g/mol. The lowest BCUT2D eigenvalue weighted by molar-refractivity contribution is -0.159. The van der Waals surface area contributed by atoms with Crippen LogP contribution in [0.5, 0.6) is 17.2 Å². The number of ether oxygens (including phenoxy) is 3. The number of methoxy groups -OCH3 is 3. The number of aromatic amines is 1. The van der Waals surface area contributed by atoms with Gasteiger partial charge in [-0.05, 0) is 35.4 Å². The standard InChI is InChI=1S/C30H29N3O5/c1-36-24-11-7-5-9-20(24)29-28-21(19-8-4-6-10-22(19)31-28)15-23-30(35)32(17-27(34)33(23)29)16-18-12-13-25(37-2)26(14-18)38-3/h4-14,23,29,31H,15-17H2,1-3H3. The molecule has 0 aliphatic carbocycles. The number of nitrogens with zero attached hydrogens (tertiary/aromatic N) is 2. The van der Waals surface area contributed by atoms with Gasteiger partial charge in [0.1, 0.15) is 24.4 Å². The molecule has 1 saturated heterocycles. The summed E-state index contributed by atoms with van der Waals surface area (Å²) < 4.78 is 16.5. The van der Waals surface area contributed by atoms with Crippen molar-refractivity contribution in [1.29, 1.82) is 0 Å². The Morgan fingerprint density at radius 3 is 2.39 bits per heavy atom. The Bertz CT molecular complexity index is 1540. The number of para-hydroxylation sites is 2. The summed E-state index contributed by atoms with van der Waals surface area (Å²) in [6.45, 7) is 0.292. The number of benzene rings is 3. The molecular formula is C30H29N3O5. The van der Waals surface area contributed by atoms with Gasteiger partial charge in [-0.15, -0.1) is 0 Å². The molecule has 194 valence electrons. The van der Waals surface area contributed by atoms with Crippen molar-refractivity contribution in [2.45, 2.75) is 25.0 Å². The zero-order chi connectivity index (χ0) is 26.4. The van der Waals surface area contributed by atoms with Gasteiger partial charge in [-0.3, -0.25) is 9.59 Å². The van der Waals surface area contributed by atoms with Crippen LogP contribution < -0.4 is 14.2 Å². The van der Waals surface area contributed by atoms with Gasteiger partial charge in [0.2, 0.25) is 11.8 Å². The number of rotatable bonds is 6. The molecule has 0 spiro atoms. The average Bonchev–Trinajstić information content (AvgIpc) is 3.33. The highest BCUT2D eigenvalue weighted by Crippen LogP contribution is 2.45. The third-order valence-corrected chi connectivity index (χ3v) is 7.60. The van der Waals surface area contributed by atoms with Crippen LogP contribution in [0.15, 0.2) is 66.7 Å². The molecule has 3 aromatic carbocycles. The van der Waals surface area contributed by atoms with Gasteiger partial charge in [0, 0.05) is 35.1 Å². The Balaban J connectivity index is 1.42. The molecule has 1 fully saturated rings. The summed E-state index contributed by atoms with van der Waals surface area (Å²) >= 11 is 0. The van der Waals surface area contributed by atoms with E-state index in [2.05, 4.69) is 11.1 Å². The minimum atomic E-state index is -0.627. The van der Waals surface area contributed by atoms with E-state index in [9.17, 15) is 9.59 Å². The van der Waals surface area contributed by atoms with Gasteiger partial charge in [0.15, 0.2) is 11.5 Å². The number of nitrogens with one attached hydrogen (secondary N) is 1. The second kappa shape index (κ2) is 9.45. The zero-order valence-corrected chi connectivity index (χ0v) is 21.6. The van der Waals surface area contributed by atoms with E-state index in [0.29, 0.717) is 30.2 Å². The molecule has 2 aliphatic rings. The molecule has 4 aromatic rings. The molecule has 8 nitrogen and oxygen atoms in total. The van der Waals surface area contributed by atoms with Gasteiger partial charge in [-0.1, -0.05) is 42.5 Å². The maximum absolute atomic E-state index is 14.0. The summed E-state index contributed by atoms with van der Waals surface area (Å²) in [5.41, 5.74) is 4.69. The molecule has 1 N–H and O–H groups in total. The lowest BCUT2D eigenvalue weighted by Crippen LogP contribution is -2.62. The van der Waals surface area contributed by atoms with Crippen LogP contribution in [-0.2, 0) is 22.6 Å². The first kappa shape index (κ1) is 23.9. The fraction of sp³-hybridized carbons (Fsp3) is 0.267. The quantitative estimate of drug-likeness (QED) is 0.422. The second-order valence-corrected chi connectivity index (χ2v) is 9.61. The summed E-state index contributed by atoms with van der Waals surface area (Å²) in [5, 5.41) is 1.07. The van der Waals surface area contributed by atoms with Crippen molar-refractivity contribution in [3.63, 3.8) is 0 Å². The summed E-state index contributed by atoms with van der Waals surface area (Å²) in [7, 11) is 4.78.